The minimum atomic E-state index is -0.0800. The Balaban J connectivity index is 1.72. The van der Waals surface area contributed by atoms with Crippen molar-refractivity contribution >= 4 is 27.7 Å². The van der Waals surface area contributed by atoms with Crippen molar-refractivity contribution in [2.24, 2.45) is 0 Å². The summed E-state index contributed by atoms with van der Waals surface area (Å²) in [6.07, 6.45) is 6.31. The van der Waals surface area contributed by atoms with Gasteiger partial charge in [0, 0.05) is 17.2 Å². The number of anilines is 1. The lowest BCUT2D eigenvalue weighted by molar-refractivity contribution is 0.0841. The fraction of sp³-hybridized carbons (Fsp3) is 0.600. The summed E-state index contributed by atoms with van der Waals surface area (Å²) >= 11 is 3.38. The Labute approximate surface area is 133 Å². The molecule has 0 aromatic carbocycles. The van der Waals surface area contributed by atoms with Crippen molar-refractivity contribution in [3.05, 3.63) is 22.3 Å². The Morgan fingerprint density at radius 2 is 2.38 bits per heavy atom. The van der Waals surface area contributed by atoms with Gasteiger partial charge in [-0.2, -0.15) is 0 Å². The molecule has 0 radical (unpaired) electrons. The SMILES string of the molecule is CCCNc1ncc(Br)cc1C(=O)NC1CC2CCC1O2. The summed E-state index contributed by atoms with van der Waals surface area (Å²) in [4.78, 5) is 16.9. The van der Waals surface area contributed by atoms with Crippen LogP contribution in [0.25, 0.3) is 0 Å². The first-order valence-electron chi connectivity index (χ1n) is 7.53. The number of halogens is 1. The lowest BCUT2D eigenvalue weighted by Crippen LogP contribution is -2.41. The van der Waals surface area contributed by atoms with Crippen molar-refractivity contribution in [1.82, 2.24) is 10.3 Å². The van der Waals surface area contributed by atoms with Gasteiger partial charge in [-0.1, -0.05) is 6.92 Å². The van der Waals surface area contributed by atoms with Crippen molar-refractivity contribution in [2.45, 2.75) is 50.9 Å². The van der Waals surface area contributed by atoms with Crippen molar-refractivity contribution < 1.29 is 9.53 Å². The number of amides is 1. The van der Waals surface area contributed by atoms with E-state index >= 15 is 0 Å². The molecule has 2 N–H and O–H groups in total. The van der Waals surface area contributed by atoms with Crippen LogP contribution in [0.5, 0.6) is 0 Å². The van der Waals surface area contributed by atoms with E-state index in [4.69, 9.17) is 4.74 Å². The van der Waals surface area contributed by atoms with E-state index in [-0.39, 0.29) is 18.1 Å². The second kappa shape index (κ2) is 6.32. The largest absolute Gasteiger partial charge is 0.373 e. The van der Waals surface area contributed by atoms with Crippen LogP contribution in [0.2, 0.25) is 0 Å². The highest BCUT2D eigenvalue weighted by molar-refractivity contribution is 9.10. The number of pyridine rings is 1. The summed E-state index contributed by atoms with van der Waals surface area (Å²) in [5.41, 5.74) is 0.584. The number of carbonyl (C=O) groups is 1. The normalized spacial score (nSPS) is 26.9. The molecule has 2 bridgehead atoms. The van der Waals surface area contributed by atoms with Crippen molar-refractivity contribution in [3.63, 3.8) is 0 Å². The first-order chi connectivity index (χ1) is 10.2. The van der Waals surface area contributed by atoms with Crippen LogP contribution in [0, 0.1) is 0 Å². The molecule has 2 aliphatic heterocycles. The van der Waals surface area contributed by atoms with Gasteiger partial charge in [0.1, 0.15) is 5.82 Å². The molecule has 1 aromatic rings. The molecule has 2 saturated heterocycles. The Bertz CT molecular complexity index is 538. The molecule has 3 heterocycles. The minimum Gasteiger partial charge on any atom is -0.373 e. The predicted octanol–water partition coefficient (Wildman–Crippen LogP) is 2.72. The molecule has 3 atom stereocenters. The number of rotatable bonds is 5. The van der Waals surface area contributed by atoms with Gasteiger partial charge in [-0.15, -0.1) is 0 Å². The minimum absolute atomic E-state index is 0.0800. The van der Waals surface area contributed by atoms with E-state index in [2.05, 4.69) is 38.5 Å². The number of carbonyl (C=O) groups excluding carboxylic acids is 1. The summed E-state index contributed by atoms with van der Waals surface area (Å²) in [5.74, 6) is 0.560. The van der Waals surface area contributed by atoms with Gasteiger partial charge in [-0.05, 0) is 47.7 Å². The first kappa shape index (κ1) is 14.8. The Morgan fingerprint density at radius 1 is 1.52 bits per heavy atom. The Hall–Kier alpha value is -1.14. The number of nitrogens with one attached hydrogen (secondary N) is 2. The molecular weight excluding hydrogens is 334 g/mol. The first-order valence-corrected chi connectivity index (χ1v) is 8.32. The van der Waals surface area contributed by atoms with Crippen LogP contribution in [0.3, 0.4) is 0 Å². The molecule has 3 rings (SSSR count). The molecule has 3 unspecified atom stereocenters. The zero-order chi connectivity index (χ0) is 14.8. The van der Waals surface area contributed by atoms with Gasteiger partial charge < -0.3 is 15.4 Å². The van der Waals surface area contributed by atoms with Crippen LogP contribution in [-0.4, -0.2) is 35.7 Å². The van der Waals surface area contributed by atoms with Crippen LogP contribution in [0.4, 0.5) is 5.82 Å². The second-order valence-electron chi connectivity index (χ2n) is 5.67. The summed E-state index contributed by atoms with van der Waals surface area (Å²) in [7, 11) is 0. The van der Waals surface area contributed by atoms with Crippen molar-refractivity contribution in [1.29, 1.82) is 0 Å². The molecule has 0 aliphatic carbocycles. The third-order valence-electron chi connectivity index (χ3n) is 4.06. The van der Waals surface area contributed by atoms with Gasteiger partial charge in [0.05, 0.1) is 23.8 Å². The highest BCUT2D eigenvalue weighted by atomic mass is 79.9. The van der Waals surface area contributed by atoms with E-state index in [0.717, 1.165) is 36.7 Å². The molecule has 6 heteroatoms. The van der Waals surface area contributed by atoms with Crippen molar-refractivity contribution in [3.8, 4) is 0 Å². The van der Waals surface area contributed by atoms with Crippen LogP contribution < -0.4 is 10.6 Å². The third-order valence-corrected chi connectivity index (χ3v) is 4.50. The average molecular weight is 354 g/mol. The van der Waals surface area contributed by atoms with Gasteiger partial charge in [0.2, 0.25) is 0 Å². The van der Waals surface area contributed by atoms with Gasteiger partial charge in [-0.25, -0.2) is 4.98 Å². The number of ether oxygens (including phenoxy) is 1. The molecular formula is C15H20BrN3O2. The lowest BCUT2D eigenvalue weighted by Gasteiger charge is -2.20. The van der Waals surface area contributed by atoms with E-state index in [1.807, 2.05) is 6.07 Å². The van der Waals surface area contributed by atoms with E-state index in [1.54, 1.807) is 6.20 Å². The van der Waals surface area contributed by atoms with E-state index in [9.17, 15) is 4.79 Å². The number of aromatic nitrogens is 1. The Morgan fingerprint density at radius 3 is 3.05 bits per heavy atom. The van der Waals surface area contributed by atoms with Crippen molar-refractivity contribution in [2.75, 3.05) is 11.9 Å². The molecule has 114 valence electrons. The van der Waals surface area contributed by atoms with Gasteiger partial charge in [-0.3, -0.25) is 4.79 Å². The molecule has 2 aliphatic rings. The fourth-order valence-electron chi connectivity index (χ4n) is 3.03. The summed E-state index contributed by atoms with van der Waals surface area (Å²) < 4.78 is 6.59. The highest BCUT2D eigenvalue weighted by Crippen LogP contribution is 2.34. The second-order valence-corrected chi connectivity index (χ2v) is 6.58. The van der Waals surface area contributed by atoms with Gasteiger partial charge in [0.15, 0.2) is 0 Å². The highest BCUT2D eigenvalue weighted by Gasteiger charge is 2.41. The van der Waals surface area contributed by atoms with Crippen LogP contribution in [0.15, 0.2) is 16.7 Å². The number of fused-ring (bicyclic) bond motifs is 2. The fourth-order valence-corrected chi connectivity index (χ4v) is 3.36. The smallest absolute Gasteiger partial charge is 0.255 e. The molecule has 1 aromatic heterocycles. The molecule has 0 spiro atoms. The predicted molar refractivity (Wildman–Crippen MR) is 84.5 cm³/mol. The molecule has 21 heavy (non-hydrogen) atoms. The van der Waals surface area contributed by atoms with Crippen LogP contribution in [-0.2, 0) is 4.74 Å². The summed E-state index contributed by atoms with van der Waals surface area (Å²) in [5, 5.41) is 6.31. The maximum atomic E-state index is 12.5. The topological polar surface area (TPSA) is 63.2 Å². The molecule has 0 saturated carbocycles. The van der Waals surface area contributed by atoms with Crippen LogP contribution in [0.1, 0.15) is 43.0 Å². The summed E-state index contributed by atoms with van der Waals surface area (Å²) in [6.45, 7) is 2.88. The van der Waals surface area contributed by atoms with Crippen LogP contribution >= 0.6 is 15.9 Å². The number of hydrogen-bond donors (Lipinski definition) is 2. The zero-order valence-corrected chi connectivity index (χ0v) is 13.6. The molecule has 1 amide bonds. The molecule has 2 fully saturated rings. The maximum absolute atomic E-state index is 12.5. The summed E-state index contributed by atoms with van der Waals surface area (Å²) in [6, 6.07) is 1.95. The standard InChI is InChI=1S/C15H20BrN3O2/c1-2-5-17-14-11(6-9(16)8-18-14)15(20)19-12-7-10-3-4-13(12)21-10/h6,8,10,12-13H,2-5,7H2,1H3,(H,17,18)(H,19,20). The number of nitrogens with zero attached hydrogens (tertiary/aromatic N) is 1. The van der Waals surface area contributed by atoms with Gasteiger partial charge >= 0.3 is 0 Å². The lowest BCUT2D eigenvalue weighted by atomic mass is 9.95. The van der Waals surface area contributed by atoms with Gasteiger partial charge in [0.25, 0.3) is 5.91 Å². The quantitative estimate of drug-likeness (QED) is 0.854. The van der Waals surface area contributed by atoms with E-state index in [0.29, 0.717) is 17.5 Å². The monoisotopic (exact) mass is 353 g/mol. The van der Waals surface area contributed by atoms with E-state index < -0.39 is 0 Å². The Kier molecular flexibility index (Phi) is 4.45. The number of hydrogen-bond acceptors (Lipinski definition) is 4. The molecule has 5 nitrogen and oxygen atoms in total. The zero-order valence-electron chi connectivity index (χ0n) is 12.1. The van der Waals surface area contributed by atoms with E-state index in [1.165, 1.54) is 0 Å². The third kappa shape index (κ3) is 3.21. The average Bonchev–Trinajstić information content (AvgIpc) is 3.08. The maximum Gasteiger partial charge on any atom is 0.255 e.